The molecule has 0 saturated heterocycles. The summed E-state index contributed by atoms with van der Waals surface area (Å²) in [5, 5.41) is 0. The molecule has 0 spiro atoms. The number of hydrogen-bond donors (Lipinski definition) is 0. The van der Waals surface area contributed by atoms with E-state index in [2.05, 4.69) is 13.8 Å². The summed E-state index contributed by atoms with van der Waals surface area (Å²) in [6.07, 6.45) is 4.91. The number of unbranched alkanes of at least 4 members (excludes halogenated alkanes) is 2. The van der Waals surface area contributed by atoms with Crippen molar-refractivity contribution >= 4 is 0 Å². The van der Waals surface area contributed by atoms with Gasteiger partial charge in [0.25, 0.3) is 0 Å². The van der Waals surface area contributed by atoms with Crippen LogP contribution in [0, 0.1) is 0 Å². The van der Waals surface area contributed by atoms with Crippen molar-refractivity contribution in [2.24, 2.45) is 0 Å². The predicted molar refractivity (Wildman–Crippen MR) is 52.3 cm³/mol. The van der Waals surface area contributed by atoms with Crippen molar-refractivity contribution in [1.82, 2.24) is 0 Å². The Morgan fingerprint density at radius 3 is 1.50 bits per heavy atom. The third-order valence-electron chi connectivity index (χ3n) is 1.28. The van der Waals surface area contributed by atoms with Gasteiger partial charge in [0.2, 0.25) is 0 Å². The molecule has 0 aliphatic heterocycles. The Labute approximate surface area is 76.3 Å². The largest absolute Gasteiger partial charge is 0.381 e. The summed E-state index contributed by atoms with van der Waals surface area (Å²) in [4.78, 5) is 0. The fourth-order valence-corrected chi connectivity index (χ4v) is 0.595. The molecular weight excluding hydrogens is 155 g/mol. The second-order valence-corrected chi connectivity index (χ2v) is 2.59. The molecule has 0 unspecified atom stereocenters. The molecule has 0 saturated carbocycles. The maximum Gasteiger partial charge on any atom is 0.0866 e. The molecule has 0 aliphatic carbocycles. The van der Waals surface area contributed by atoms with E-state index >= 15 is 0 Å². The average Bonchev–Trinajstić information content (AvgIpc) is 2.06. The van der Waals surface area contributed by atoms with Crippen LogP contribution in [0.1, 0.15) is 46.5 Å². The second-order valence-electron chi connectivity index (χ2n) is 2.59. The first-order valence-electron chi connectivity index (χ1n) is 4.97. The number of halogens is 1. The third kappa shape index (κ3) is 22.5. The minimum absolute atomic E-state index is 0.250. The van der Waals surface area contributed by atoms with E-state index in [0.29, 0.717) is 0 Å². The van der Waals surface area contributed by atoms with Gasteiger partial charge in [-0.15, -0.1) is 0 Å². The van der Waals surface area contributed by atoms with Gasteiger partial charge in [0.1, 0.15) is 0 Å². The summed E-state index contributed by atoms with van der Waals surface area (Å²) in [5.74, 6) is 0. The van der Waals surface area contributed by atoms with Crippen molar-refractivity contribution in [2.75, 3.05) is 19.9 Å². The Morgan fingerprint density at radius 1 is 0.917 bits per heavy atom. The quantitative estimate of drug-likeness (QED) is 0.565. The van der Waals surface area contributed by atoms with Crippen LogP contribution >= 0.6 is 0 Å². The molecule has 0 aliphatic rings. The van der Waals surface area contributed by atoms with E-state index in [4.69, 9.17) is 4.74 Å². The summed E-state index contributed by atoms with van der Waals surface area (Å²) in [6, 6.07) is 0. The van der Waals surface area contributed by atoms with Crippen LogP contribution in [0.3, 0.4) is 0 Å². The number of rotatable bonds is 6. The fraction of sp³-hybridized carbons (Fsp3) is 1.00. The van der Waals surface area contributed by atoms with Crippen molar-refractivity contribution in [1.29, 1.82) is 0 Å². The van der Waals surface area contributed by atoms with Crippen LogP contribution in [0.4, 0.5) is 4.39 Å². The molecule has 0 fully saturated rings. The molecule has 0 atom stereocenters. The van der Waals surface area contributed by atoms with Crippen LogP contribution in [-0.2, 0) is 4.74 Å². The Kier molecular flexibility index (Phi) is 20.6. The fourth-order valence-electron chi connectivity index (χ4n) is 0.595. The summed E-state index contributed by atoms with van der Waals surface area (Å²) >= 11 is 0. The Bertz CT molecular complexity index is 51.8. The molecule has 0 bridgehead atoms. The predicted octanol–water partition coefficient (Wildman–Crippen LogP) is 3.58. The third-order valence-corrected chi connectivity index (χ3v) is 1.28. The molecule has 0 heterocycles. The zero-order chi connectivity index (χ0) is 9.66. The zero-order valence-corrected chi connectivity index (χ0v) is 8.74. The first-order valence-corrected chi connectivity index (χ1v) is 4.97. The first kappa shape index (κ1) is 14.4. The van der Waals surface area contributed by atoms with Crippen molar-refractivity contribution in [3.05, 3.63) is 0 Å². The lowest BCUT2D eigenvalue weighted by Gasteiger charge is -1.99. The lowest BCUT2D eigenvalue weighted by Crippen LogP contribution is -1.95. The van der Waals surface area contributed by atoms with Crippen LogP contribution in [0.25, 0.3) is 0 Å². The van der Waals surface area contributed by atoms with Gasteiger partial charge < -0.3 is 4.74 Å². The van der Waals surface area contributed by atoms with Gasteiger partial charge in [0.05, 0.1) is 6.67 Å². The molecule has 0 aromatic heterocycles. The minimum Gasteiger partial charge on any atom is -0.381 e. The standard InChI is InChI=1S/C8H18O.C2H5F/c1-3-5-7-9-8-6-4-2;1-2-3/h3-8H2,1-2H3;2H2,1H3. The average molecular weight is 178 g/mol. The van der Waals surface area contributed by atoms with Gasteiger partial charge in [-0.05, 0) is 19.8 Å². The molecule has 12 heavy (non-hydrogen) atoms. The normalized spacial score (nSPS) is 9.00. The lowest BCUT2D eigenvalue weighted by molar-refractivity contribution is 0.128. The maximum absolute atomic E-state index is 10.3. The molecule has 1 nitrogen and oxygen atoms in total. The van der Waals surface area contributed by atoms with E-state index in [1.807, 2.05) is 0 Å². The number of hydrogen-bond acceptors (Lipinski definition) is 1. The van der Waals surface area contributed by atoms with Crippen LogP contribution < -0.4 is 0 Å². The van der Waals surface area contributed by atoms with E-state index < -0.39 is 0 Å². The van der Waals surface area contributed by atoms with E-state index in [-0.39, 0.29) is 6.67 Å². The Balaban J connectivity index is 0. The summed E-state index contributed by atoms with van der Waals surface area (Å²) in [6.45, 7) is 7.49. The van der Waals surface area contributed by atoms with Crippen molar-refractivity contribution < 1.29 is 9.13 Å². The summed E-state index contributed by atoms with van der Waals surface area (Å²) in [5.41, 5.74) is 0. The van der Waals surface area contributed by atoms with Crippen molar-refractivity contribution in [2.45, 2.75) is 46.5 Å². The highest BCUT2D eigenvalue weighted by Gasteiger charge is 1.84. The highest BCUT2D eigenvalue weighted by atomic mass is 19.1. The van der Waals surface area contributed by atoms with Gasteiger partial charge in [0, 0.05) is 13.2 Å². The second kappa shape index (κ2) is 17.1. The molecule has 0 N–H and O–H groups in total. The highest BCUT2D eigenvalue weighted by Crippen LogP contribution is 1.91. The number of ether oxygens (including phenoxy) is 1. The van der Waals surface area contributed by atoms with E-state index in [9.17, 15) is 4.39 Å². The van der Waals surface area contributed by atoms with Gasteiger partial charge in [-0.3, -0.25) is 4.39 Å². The molecular formula is C10H23FO. The zero-order valence-electron chi connectivity index (χ0n) is 8.74. The van der Waals surface area contributed by atoms with Crippen LogP contribution in [0.15, 0.2) is 0 Å². The molecule has 76 valence electrons. The molecule has 0 aromatic carbocycles. The van der Waals surface area contributed by atoms with Crippen LogP contribution in [-0.4, -0.2) is 19.9 Å². The number of alkyl halides is 1. The molecule has 0 aromatic rings. The van der Waals surface area contributed by atoms with E-state index in [0.717, 1.165) is 13.2 Å². The Hall–Kier alpha value is -0.110. The molecule has 0 rings (SSSR count). The van der Waals surface area contributed by atoms with Gasteiger partial charge in [-0.25, -0.2) is 0 Å². The van der Waals surface area contributed by atoms with Crippen molar-refractivity contribution in [3.63, 3.8) is 0 Å². The van der Waals surface area contributed by atoms with Crippen molar-refractivity contribution in [3.8, 4) is 0 Å². The summed E-state index contributed by atoms with van der Waals surface area (Å²) < 4.78 is 15.6. The van der Waals surface area contributed by atoms with Gasteiger partial charge in [-0.2, -0.15) is 0 Å². The molecule has 0 amide bonds. The van der Waals surface area contributed by atoms with Gasteiger partial charge >= 0.3 is 0 Å². The molecule has 0 radical (unpaired) electrons. The van der Waals surface area contributed by atoms with E-state index in [1.54, 1.807) is 0 Å². The van der Waals surface area contributed by atoms with Gasteiger partial charge in [0.15, 0.2) is 0 Å². The SMILES string of the molecule is CCCCOCCCC.CCF. The first-order chi connectivity index (χ1) is 5.83. The highest BCUT2D eigenvalue weighted by molar-refractivity contribution is 4.33. The van der Waals surface area contributed by atoms with Gasteiger partial charge in [-0.1, -0.05) is 26.7 Å². The van der Waals surface area contributed by atoms with E-state index in [1.165, 1.54) is 32.6 Å². The van der Waals surface area contributed by atoms with Crippen LogP contribution in [0.5, 0.6) is 0 Å². The lowest BCUT2D eigenvalue weighted by atomic mass is 10.3. The monoisotopic (exact) mass is 178 g/mol. The summed E-state index contributed by atoms with van der Waals surface area (Å²) in [7, 11) is 0. The topological polar surface area (TPSA) is 9.23 Å². The minimum atomic E-state index is -0.250. The maximum atomic E-state index is 10.3. The molecule has 2 heteroatoms. The smallest absolute Gasteiger partial charge is 0.0866 e. The Morgan fingerprint density at radius 2 is 1.25 bits per heavy atom. The van der Waals surface area contributed by atoms with Crippen LogP contribution in [0.2, 0.25) is 0 Å².